The van der Waals surface area contributed by atoms with Gasteiger partial charge < -0.3 is 9.47 Å². The van der Waals surface area contributed by atoms with Gasteiger partial charge in [0, 0.05) is 6.07 Å². The van der Waals surface area contributed by atoms with Gasteiger partial charge in [-0.2, -0.15) is 0 Å². The fraction of sp³-hybridized carbons (Fsp3) is 0.280. The number of hydrogen-bond donors (Lipinski definition) is 1. The largest absolute Gasteiger partial charge is 0.459 e. The standard InChI is InChI=1S/C25H23F2NO4/c26-21-13-20(24(29)32-19-8-2-1-3-9-19)23(14-22(21)27)28-25(30)31-15-16-10-11-17-6-4-5-7-18(17)12-16/h4-7,10-14,19H,1-3,8-9,15H2,(H,28,30). The second-order valence-corrected chi connectivity index (χ2v) is 7.86. The molecule has 32 heavy (non-hydrogen) atoms. The number of benzene rings is 3. The Balaban J connectivity index is 1.44. The molecule has 0 bridgehead atoms. The Morgan fingerprint density at radius 3 is 2.41 bits per heavy atom. The number of carbonyl (C=O) groups is 2. The van der Waals surface area contributed by atoms with E-state index in [4.69, 9.17) is 9.47 Å². The van der Waals surface area contributed by atoms with E-state index in [2.05, 4.69) is 5.32 Å². The average molecular weight is 439 g/mol. The van der Waals surface area contributed by atoms with Crippen LogP contribution >= 0.6 is 0 Å². The lowest BCUT2D eigenvalue weighted by atomic mass is 9.98. The molecule has 1 aliphatic rings. The molecule has 3 aromatic rings. The highest BCUT2D eigenvalue weighted by Crippen LogP contribution is 2.26. The lowest BCUT2D eigenvalue weighted by Crippen LogP contribution is -2.23. The maximum Gasteiger partial charge on any atom is 0.411 e. The van der Waals surface area contributed by atoms with Gasteiger partial charge in [-0.1, -0.05) is 42.8 Å². The third kappa shape index (κ3) is 5.22. The van der Waals surface area contributed by atoms with Crippen molar-refractivity contribution in [2.24, 2.45) is 0 Å². The van der Waals surface area contributed by atoms with Crippen LogP contribution in [0, 0.1) is 11.6 Å². The van der Waals surface area contributed by atoms with Crippen LogP contribution in [-0.4, -0.2) is 18.2 Å². The minimum absolute atomic E-state index is 0.0256. The van der Waals surface area contributed by atoms with Crippen molar-refractivity contribution < 1.29 is 27.8 Å². The molecule has 0 saturated heterocycles. The van der Waals surface area contributed by atoms with Crippen LogP contribution in [0.15, 0.2) is 54.6 Å². The molecule has 0 heterocycles. The monoisotopic (exact) mass is 439 g/mol. The summed E-state index contributed by atoms with van der Waals surface area (Å²) in [4.78, 5) is 24.9. The summed E-state index contributed by atoms with van der Waals surface area (Å²) in [6, 6.07) is 14.9. The molecule has 1 saturated carbocycles. The number of rotatable bonds is 5. The molecule has 1 N–H and O–H groups in total. The van der Waals surface area contributed by atoms with E-state index in [1.165, 1.54) is 0 Å². The molecule has 7 heteroatoms. The summed E-state index contributed by atoms with van der Waals surface area (Å²) in [6.07, 6.45) is 3.27. The summed E-state index contributed by atoms with van der Waals surface area (Å²) < 4.78 is 38.3. The van der Waals surface area contributed by atoms with Gasteiger partial charge in [-0.05, 0) is 54.2 Å². The molecule has 3 aromatic carbocycles. The number of ether oxygens (including phenoxy) is 2. The molecule has 0 unspecified atom stereocenters. The molecule has 1 fully saturated rings. The number of amides is 1. The van der Waals surface area contributed by atoms with E-state index in [1.54, 1.807) is 0 Å². The van der Waals surface area contributed by atoms with E-state index in [9.17, 15) is 18.4 Å². The van der Waals surface area contributed by atoms with Gasteiger partial charge in [-0.3, -0.25) is 5.32 Å². The first kappa shape index (κ1) is 21.7. The van der Waals surface area contributed by atoms with Crippen LogP contribution < -0.4 is 5.32 Å². The second-order valence-electron chi connectivity index (χ2n) is 7.86. The van der Waals surface area contributed by atoms with Crippen molar-refractivity contribution in [3.05, 3.63) is 77.4 Å². The van der Waals surface area contributed by atoms with Crippen LogP contribution in [0.25, 0.3) is 10.8 Å². The molecule has 0 aromatic heterocycles. The smallest absolute Gasteiger partial charge is 0.411 e. The number of anilines is 1. The van der Waals surface area contributed by atoms with Gasteiger partial charge in [0.1, 0.15) is 12.7 Å². The molecule has 0 aliphatic heterocycles. The Hall–Kier alpha value is -3.48. The Kier molecular flexibility index (Phi) is 6.63. The van der Waals surface area contributed by atoms with E-state index >= 15 is 0 Å². The summed E-state index contributed by atoms with van der Waals surface area (Å²) in [5, 5.41) is 4.40. The first-order valence-electron chi connectivity index (χ1n) is 10.6. The van der Waals surface area contributed by atoms with Crippen LogP contribution in [0.5, 0.6) is 0 Å². The molecule has 0 radical (unpaired) electrons. The summed E-state index contributed by atoms with van der Waals surface area (Å²) in [7, 11) is 0. The van der Waals surface area contributed by atoms with Crippen molar-refractivity contribution in [1.82, 2.24) is 0 Å². The van der Waals surface area contributed by atoms with Crippen molar-refractivity contribution in [3.8, 4) is 0 Å². The van der Waals surface area contributed by atoms with Gasteiger partial charge in [0.2, 0.25) is 0 Å². The number of halogens is 2. The molecule has 4 rings (SSSR count). The highest BCUT2D eigenvalue weighted by Gasteiger charge is 2.23. The first-order valence-corrected chi connectivity index (χ1v) is 10.6. The third-order valence-corrected chi connectivity index (χ3v) is 5.53. The quantitative estimate of drug-likeness (QED) is 0.470. The number of carbonyl (C=O) groups excluding carboxylic acids is 2. The minimum Gasteiger partial charge on any atom is -0.459 e. The molecule has 0 spiro atoms. The van der Waals surface area contributed by atoms with E-state index in [-0.39, 0.29) is 24.0 Å². The summed E-state index contributed by atoms with van der Waals surface area (Å²) in [5.41, 5.74) is 0.311. The van der Waals surface area contributed by atoms with Crippen molar-refractivity contribution in [2.45, 2.75) is 44.8 Å². The number of fused-ring (bicyclic) bond motifs is 1. The lowest BCUT2D eigenvalue weighted by Gasteiger charge is -2.22. The summed E-state index contributed by atoms with van der Waals surface area (Å²) in [6.45, 7) is -0.0256. The number of esters is 1. The topological polar surface area (TPSA) is 64.6 Å². The molecular weight excluding hydrogens is 416 g/mol. The fourth-order valence-electron chi connectivity index (χ4n) is 3.84. The van der Waals surface area contributed by atoms with Crippen molar-refractivity contribution in [3.63, 3.8) is 0 Å². The number of hydrogen-bond acceptors (Lipinski definition) is 4. The third-order valence-electron chi connectivity index (χ3n) is 5.53. The van der Waals surface area contributed by atoms with Gasteiger partial charge in [-0.25, -0.2) is 18.4 Å². The lowest BCUT2D eigenvalue weighted by molar-refractivity contribution is 0.0211. The van der Waals surface area contributed by atoms with Gasteiger partial charge in [-0.15, -0.1) is 0 Å². The Morgan fingerprint density at radius 1 is 0.906 bits per heavy atom. The zero-order valence-corrected chi connectivity index (χ0v) is 17.4. The van der Waals surface area contributed by atoms with E-state index < -0.39 is 23.7 Å². The fourth-order valence-corrected chi connectivity index (χ4v) is 3.84. The maximum atomic E-state index is 13.8. The average Bonchev–Trinajstić information content (AvgIpc) is 2.80. The molecule has 1 amide bonds. The molecule has 166 valence electrons. The SMILES string of the molecule is O=C(Nc1cc(F)c(F)cc1C(=O)OC1CCCCC1)OCc1ccc2ccccc2c1. The summed E-state index contributed by atoms with van der Waals surface area (Å²) >= 11 is 0. The zero-order chi connectivity index (χ0) is 22.5. The van der Waals surface area contributed by atoms with Crippen molar-refractivity contribution >= 4 is 28.5 Å². The Morgan fingerprint density at radius 2 is 1.62 bits per heavy atom. The van der Waals surface area contributed by atoms with Crippen molar-refractivity contribution in [1.29, 1.82) is 0 Å². The second kappa shape index (κ2) is 9.77. The molecule has 1 aliphatic carbocycles. The van der Waals surface area contributed by atoms with Gasteiger partial charge in [0.15, 0.2) is 11.6 Å². The summed E-state index contributed by atoms with van der Waals surface area (Å²) in [5.74, 6) is -3.19. The Labute approximate surface area is 184 Å². The van der Waals surface area contributed by atoms with Gasteiger partial charge in [0.25, 0.3) is 0 Å². The van der Waals surface area contributed by atoms with E-state index in [0.29, 0.717) is 0 Å². The van der Waals surface area contributed by atoms with E-state index in [0.717, 1.165) is 60.6 Å². The van der Waals surface area contributed by atoms with Crippen molar-refractivity contribution in [2.75, 3.05) is 5.32 Å². The number of nitrogens with one attached hydrogen (secondary N) is 1. The van der Waals surface area contributed by atoms with Crippen LogP contribution in [0.2, 0.25) is 0 Å². The van der Waals surface area contributed by atoms with Gasteiger partial charge in [0.05, 0.1) is 11.3 Å². The first-order chi connectivity index (χ1) is 15.5. The van der Waals surface area contributed by atoms with Crippen LogP contribution in [0.1, 0.15) is 48.0 Å². The zero-order valence-electron chi connectivity index (χ0n) is 17.4. The molecular formula is C25H23F2NO4. The van der Waals surface area contributed by atoms with Crippen LogP contribution in [0.4, 0.5) is 19.3 Å². The van der Waals surface area contributed by atoms with Crippen LogP contribution in [0.3, 0.4) is 0 Å². The molecule has 0 atom stereocenters. The highest BCUT2D eigenvalue weighted by molar-refractivity contribution is 5.99. The predicted molar refractivity (Wildman–Crippen MR) is 116 cm³/mol. The highest BCUT2D eigenvalue weighted by atomic mass is 19.2. The molecule has 5 nitrogen and oxygen atoms in total. The normalized spacial score (nSPS) is 14.2. The van der Waals surface area contributed by atoms with Gasteiger partial charge >= 0.3 is 12.1 Å². The van der Waals surface area contributed by atoms with Crippen LogP contribution in [-0.2, 0) is 16.1 Å². The minimum atomic E-state index is -1.20. The Bertz CT molecular complexity index is 1140. The predicted octanol–water partition coefficient (Wildman–Crippen LogP) is 6.36. The maximum absolute atomic E-state index is 13.8. The van der Waals surface area contributed by atoms with E-state index in [1.807, 2.05) is 42.5 Å².